The van der Waals surface area contributed by atoms with Crippen molar-refractivity contribution in [1.29, 1.82) is 0 Å². The first-order chi connectivity index (χ1) is 10.1. The van der Waals surface area contributed by atoms with Crippen molar-refractivity contribution in [3.8, 4) is 0 Å². The number of carboxylic acid groups (broad SMARTS) is 2. The lowest BCUT2D eigenvalue weighted by atomic mass is 9.77. The Morgan fingerprint density at radius 3 is 2.00 bits per heavy atom. The van der Waals surface area contributed by atoms with Crippen LogP contribution in [-0.2, 0) is 19.2 Å². The summed E-state index contributed by atoms with van der Waals surface area (Å²) < 4.78 is 0. The summed E-state index contributed by atoms with van der Waals surface area (Å²) in [5.74, 6) is -4.83. The molecule has 1 saturated carbocycles. The van der Waals surface area contributed by atoms with E-state index in [9.17, 15) is 24.3 Å². The van der Waals surface area contributed by atoms with Crippen molar-refractivity contribution in [2.75, 3.05) is 0 Å². The van der Waals surface area contributed by atoms with E-state index in [-0.39, 0.29) is 5.91 Å². The van der Waals surface area contributed by atoms with E-state index in [1.807, 2.05) is 0 Å². The Morgan fingerprint density at radius 1 is 1.09 bits per heavy atom. The average molecular weight is 319 g/mol. The molecule has 2 aliphatic rings. The minimum absolute atomic E-state index is 0.304. The molecule has 0 spiro atoms. The average Bonchev–Trinajstić information content (AvgIpc) is 2.68. The molecule has 1 saturated heterocycles. The number of nitrogens with one attached hydrogen (secondary N) is 1. The second kappa shape index (κ2) is 6.81. The molecule has 0 aromatic heterocycles. The number of imide groups is 1. The minimum Gasteiger partial charge on any atom is -0.479 e. The van der Waals surface area contributed by atoms with Crippen molar-refractivity contribution in [2.24, 2.45) is 5.92 Å². The summed E-state index contributed by atoms with van der Waals surface area (Å²) in [7, 11) is 0. The van der Waals surface area contributed by atoms with E-state index in [1.54, 1.807) is 0 Å². The molecule has 0 aromatic carbocycles. The molecule has 2 amide bonds. The summed E-state index contributed by atoms with van der Waals surface area (Å²) in [6, 6.07) is 0. The highest BCUT2D eigenvalue weighted by atomic mass is 16.4. The van der Waals surface area contributed by atoms with Gasteiger partial charge in [-0.2, -0.15) is 0 Å². The van der Waals surface area contributed by atoms with Crippen molar-refractivity contribution in [1.82, 2.24) is 5.32 Å². The smallest absolute Gasteiger partial charge is 0.335 e. The van der Waals surface area contributed by atoms with Crippen LogP contribution in [0.15, 0.2) is 0 Å². The van der Waals surface area contributed by atoms with Crippen molar-refractivity contribution < 1.29 is 44.7 Å². The largest absolute Gasteiger partial charge is 0.479 e. The first-order valence-electron chi connectivity index (χ1n) is 6.50. The van der Waals surface area contributed by atoms with Crippen LogP contribution in [0.4, 0.5) is 0 Å². The molecule has 1 aliphatic carbocycles. The van der Waals surface area contributed by atoms with Gasteiger partial charge in [-0.15, -0.1) is 0 Å². The molecule has 2 rings (SSSR count). The monoisotopic (exact) mass is 319 g/mol. The second-order valence-electron chi connectivity index (χ2n) is 5.11. The Kier molecular flexibility index (Phi) is 5.58. The molecule has 10 heteroatoms. The van der Waals surface area contributed by atoms with Gasteiger partial charge in [-0.05, 0) is 19.3 Å². The predicted octanol–water partition coefficient (Wildman–Crippen LogP) is -2.56. The van der Waals surface area contributed by atoms with Crippen LogP contribution < -0.4 is 5.32 Å². The number of rotatable bonds is 3. The van der Waals surface area contributed by atoms with Gasteiger partial charge < -0.3 is 25.5 Å². The van der Waals surface area contributed by atoms with Crippen molar-refractivity contribution in [2.45, 2.75) is 43.5 Å². The molecule has 10 nitrogen and oxygen atoms in total. The van der Waals surface area contributed by atoms with Crippen LogP contribution >= 0.6 is 0 Å². The van der Waals surface area contributed by atoms with Gasteiger partial charge in [0, 0.05) is 0 Å². The van der Waals surface area contributed by atoms with Gasteiger partial charge >= 0.3 is 11.9 Å². The molecular weight excluding hydrogens is 302 g/mol. The van der Waals surface area contributed by atoms with Crippen molar-refractivity contribution >= 4 is 23.8 Å². The molecule has 22 heavy (non-hydrogen) atoms. The number of hydrogen-bond donors (Lipinski definition) is 6. The zero-order valence-electron chi connectivity index (χ0n) is 11.4. The Bertz CT molecular complexity index is 473. The molecule has 124 valence electrons. The lowest BCUT2D eigenvalue weighted by Crippen LogP contribution is -2.44. The summed E-state index contributed by atoms with van der Waals surface area (Å²) in [6.07, 6.45) is -1.72. The number of amides is 2. The van der Waals surface area contributed by atoms with Crippen molar-refractivity contribution in [3.05, 3.63) is 0 Å². The summed E-state index contributed by atoms with van der Waals surface area (Å²) >= 11 is 0. The number of hydrogen-bond acceptors (Lipinski definition) is 7. The zero-order chi connectivity index (χ0) is 17.1. The molecular formula is C12H17NO9. The Hall–Kier alpha value is -2.04. The molecule has 0 radical (unpaired) electrons. The quantitative estimate of drug-likeness (QED) is 0.305. The number of fused-ring (bicyclic) bond motifs is 1. The second-order valence-corrected chi connectivity index (χ2v) is 5.11. The number of aliphatic hydroxyl groups excluding tert-OH is 2. The lowest BCUT2D eigenvalue weighted by Gasteiger charge is -2.29. The SMILES string of the molecule is O=C(O)C(O)C(O)C(=O)O.O=C1NC(=O)C2(O)CCCCC12. The third-order valence-electron chi connectivity index (χ3n) is 3.63. The van der Waals surface area contributed by atoms with Crippen LogP contribution in [-0.4, -0.2) is 67.1 Å². The molecule has 2 fully saturated rings. The van der Waals surface area contributed by atoms with E-state index in [1.165, 1.54) is 0 Å². The standard InChI is InChI=1S/C8H11NO3.C4H6O6/c10-6-5-3-1-2-4-8(5,12)7(11)9-6;5-1(3(7)8)2(6)4(9)10/h5,12H,1-4H2,(H,9,10,11);1-2,5-6H,(H,7,8)(H,9,10). The Balaban J connectivity index is 0.000000225. The highest BCUT2D eigenvalue weighted by Gasteiger charge is 2.54. The number of carbonyl (C=O) groups is 4. The van der Waals surface area contributed by atoms with Gasteiger partial charge in [-0.3, -0.25) is 14.9 Å². The summed E-state index contributed by atoms with van der Waals surface area (Å²) in [5.41, 5.74) is -1.38. The van der Waals surface area contributed by atoms with Gasteiger partial charge in [0.2, 0.25) is 5.91 Å². The molecule has 1 heterocycles. The van der Waals surface area contributed by atoms with Crippen molar-refractivity contribution in [3.63, 3.8) is 0 Å². The van der Waals surface area contributed by atoms with Gasteiger partial charge in [0.15, 0.2) is 17.8 Å². The summed E-state index contributed by atoms with van der Waals surface area (Å²) in [5, 5.41) is 44.5. The zero-order valence-corrected chi connectivity index (χ0v) is 11.4. The summed E-state index contributed by atoms with van der Waals surface area (Å²) in [4.78, 5) is 41.8. The Morgan fingerprint density at radius 2 is 1.59 bits per heavy atom. The van der Waals surface area contributed by atoms with Crippen LogP contribution in [0.25, 0.3) is 0 Å². The highest BCUT2D eigenvalue weighted by Crippen LogP contribution is 2.37. The maximum atomic E-state index is 11.2. The lowest BCUT2D eigenvalue weighted by molar-refractivity contribution is -0.165. The normalized spacial score (nSPS) is 29.5. The maximum Gasteiger partial charge on any atom is 0.335 e. The van der Waals surface area contributed by atoms with Crippen LogP contribution in [0.3, 0.4) is 0 Å². The molecule has 0 bridgehead atoms. The van der Waals surface area contributed by atoms with Crippen LogP contribution in [0.5, 0.6) is 0 Å². The van der Waals surface area contributed by atoms with E-state index in [0.29, 0.717) is 12.8 Å². The Labute approximate surface area is 124 Å². The van der Waals surface area contributed by atoms with Crippen LogP contribution in [0.2, 0.25) is 0 Å². The molecule has 6 N–H and O–H groups in total. The first kappa shape index (κ1) is 18.0. The van der Waals surface area contributed by atoms with Gasteiger partial charge in [-0.1, -0.05) is 6.42 Å². The first-order valence-corrected chi connectivity index (χ1v) is 6.50. The minimum atomic E-state index is -2.27. The van der Waals surface area contributed by atoms with Gasteiger partial charge in [0.25, 0.3) is 5.91 Å². The maximum absolute atomic E-state index is 11.2. The van der Waals surface area contributed by atoms with Gasteiger partial charge in [0.05, 0.1) is 5.92 Å². The molecule has 0 aromatic rings. The van der Waals surface area contributed by atoms with E-state index >= 15 is 0 Å². The predicted molar refractivity (Wildman–Crippen MR) is 67.3 cm³/mol. The van der Waals surface area contributed by atoms with Gasteiger partial charge in [-0.25, -0.2) is 9.59 Å². The molecule has 1 aliphatic heterocycles. The topological polar surface area (TPSA) is 181 Å². The number of carbonyl (C=O) groups excluding carboxylic acids is 2. The fourth-order valence-electron chi connectivity index (χ4n) is 2.35. The summed E-state index contributed by atoms with van der Waals surface area (Å²) in [6.45, 7) is 0. The number of carboxylic acids is 2. The van der Waals surface area contributed by atoms with E-state index < -0.39 is 41.6 Å². The van der Waals surface area contributed by atoms with Crippen LogP contribution in [0.1, 0.15) is 25.7 Å². The highest BCUT2D eigenvalue weighted by molar-refractivity contribution is 6.09. The molecule has 4 unspecified atom stereocenters. The van der Waals surface area contributed by atoms with E-state index in [0.717, 1.165) is 12.8 Å². The number of aliphatic hydroxyl groups is 3. The fraction of sp³-hybridized carbons (Fsp3) is 0.667. The third kappa shape index (κ3) is 3.59. The van der Waals surface area contributed by atoms with Crippen LogP contribution in [0, 0.1) is 5.92 Å². The van der Waals surface area contributed by atoms with Gasteiger partial charge in [0.1, 0.15) is 0 Å². The number of aliphatic carboxylic acids is 2. The third-order valence-corrected chi connectivity index (χ3v) is 3.63. The van der Waals surface area contributed by atoms with E-state index in [2.05, 4.69) is 5.32 Å². The van der Waals surface area contributed by atoms with E-state index in [4.69, 9.17) is 20.4 Å². The molecule has 4 atom stereocenters. The fourth-order valence-corrected chi connectivity index (χ4v) is 2.35.